The minimum Gasteiger partial charge on any atom is -0.493 e. The minimum atomic E-state index is -4.29. The van der Waals surface area contributed by atoms with E-state index in [1.165, 1.54) is 19.1 Å². The lowest BCUT2D eigenvalue weighted by Gasteiger charge is -2.10. The molecule has 0 aliphatic carbocycles. The summed E-state index contributed by atoms with van der Waals surface area (Å²) in [7, 11) is -4.29. The maximum Gasteiger partial charge on any atom is 0.300 e. The van der Waals surface area contributed by atoms with Gasteiger partial charge in [-0.15, -0.1) is 5.11 Å². The highest BCUT2D eigenvalue weighted by Gasteiger charge is 2.22. The number of aromatic hydroxyl groups is 1. The van der Waals surface area contributed by atoms with Gasteiger partial charge < -0.3 is 9.67 Å². The fraction of sp³-hybridized carbons (Fsp3) is 0.222. The van der Waals surface area contributed by atoms with E-state index in [1.54, 1.807) is 28.8 Å². The zero-order chi connectivity index (χ0) is 20.6. The number of nitro groups is 1. The summed E-state index contributed by atoms with van der Waals surface area (Å²) < 4.78 is 30.0. The molecule has 0 amide bonds. The Labute approximate surface area is 161 Å². The van der Waals surface area contributed by atoms with Crippen molar-refractivity contribution in [2.75, 3.05) is 0 Å². The molecule has 0 unspecified atom stereocenters. The predicted molar refractivity (Wildman–Crippen MR) is 104 cm³/mol. The maximum absolute atomic E-state index is 12.5. The molecule has 0 aliphatic heterocycles. The fourth-order valence-corrected chi connectivity index (χ4v) is 3.73. The second-order valence-electron chi connectivity index (χ2n) is 6.52. The number of sulfonamides is 1. The average Bonchev–Trinajstić information content (AvgIpc) is 2.91. The first kappa shape index (κ1) is 19.5. The normalized spacial score (nSPS) is 12.3. The summed E-state index contributed by atoms with van der Waals surface area (Å²) >= 11 is 0. The fourth-order valence-electron chi connectivity index (χ4n) is 2.94. The number of aromatic nitrogens is 1. The minimum absolute atomic E-state index is 0.0227. The van der Waals surface area contributed by atoms with Crippen LogP contribution in [0.3, 0.4) is 0 Å². The lowest BCUT2D eigenvalue weighted by atomic mass is 10.2. The van der Waals surface area contributed by atoms with Gasteiger partial charge in [0.05, 0.1) is 15.3 Å². The Morgan fingerprint density at radius 3 is 2.50 bits per heavy atom. The molecule has 0 atom stereocenters. The van der Waals surface area contributed by atoms with Crippen molar-refractivity contribution in [2.45, 2.75) is 31.7 Å². The van der Waals surface area contributed by atoms with E-state index in [-0.39, 0.29) is 28.2 Å². The van der Waals surface area contributed by atoms with E-state index in [0.29, 0.717) is 16.5 Å². The molecular formula is C18H18N4O5S. The van der Waals surface area contributed by atoms with Crippen LogP contribution in [0.25, 0.3) is 10.9 Å². The topological polar surface area (TPSA) is 127 Å². The van der Waals surface area contributed by atoms with Crippen LogP contribution in [-0.4, -0.2) is 23.0 Å². The molecule has 10 heteroatoms. The van der Waals surface area contributed by atoms with Gasteiger partial charge in [0.2, 0.25) is 5.88 Å². The van der Waals surface area contributed by atoms with E-state index in [2.05, 4.69) is 9.63 Å². The number of fused-ring (bicyclic) bond motifs is 1. The summed E-state index contributed by atoms with van der Waals surface area (Å²) in [5, 5.41) is 25.9. The van der Waals surface area contributed by atoms with Gasteiger partial charge in [0.1, 0.15) is 0 Å². The van der Waals surface area contributed by atoms with E-state index >= 15 is 0 Å². The zero-order valence-electron chi connectivity index (χ0n) is 15.4. The Morgan fingerprint density at radius 1 is 1.18 bits per heavy atom. The van der Waals surface area contributed by atoms with Gasteiger partial charge in [0, 0.05) is 23.1 Å². The van der Waals surface area contributed by atoms with Gasteiger partial charge in [-0.25, -0.2) is 0 Å². The summed E-state index contributed by atoms with van der Waals surface area (Å²) in [6.07, 6.45) is 0. The van der Waals surface area contributed by atoms with Gasteiger partial charge in [0.25, 0.3) is 15.7 Å². The van der Waals surface area contributed by atoms with Gasteiger partial charge in [-0.05, 0) is 32.9 Å². The molecule has 0 bridgehead atoms. The van der Waals surface area contributed by atoms with Gasteiger partial charge in [-0.1, -0.05) is 28.8 Å². The molecule has 3 aromatic rings. The molecule has 0 saturated carbocycles. The Bertz CT molecular complexity index is 1210. The summed E-state index contributed by atoms with van der Waals surface area (Å²) in [4.78, 5) is 10.1. The summed E-state index contributed by atoms with van der Waals surface area (Å²) in [6.45, 7) is 5.25. The maximum atomic E-state index is 12.5. The molecule has 1 aromatic heterocycles. The van der Waals surface area contributed by atoms with Gasteiger partial charge >= 0.3 is 0 Å². The molecule has 3 rings (SSSR count). The lowest BCUT2D eigenvalue weighted by Crippen LogP contribution is -1.99. The van der Waals surface area contributed by atoms with Crippen molar-refractivity contribution in [3.8, 4) is 5.88 Å². The lowest BCUT2D eigenvalue weighted by molar-refractivity contribution is -0.385. The van der Waals surface area contributed by atoms with Crippen LogP contribution in [0.4, 0.5) is 11.4 Å². The Balaban J connectivity index is 2.11. The van der Waals surface area contributed by atoms with Gasteiger partial charge in [0.15, 0.2) is 5.69 Å². The smallest absolute Gasteiger partial charge is 0.300 e. The van der Waals surface area contributed by atoms with Crippen LogP contribution in [0, 0.1) is 17.0 Å². The first-order valence-corrected chi connectivity index (χ1v) is 9.82. The van der Waals surface area contributed by atoms with Crippen molar-refractivity contribution in [3.63, 3.8) is 0 Å². The number of nitrogens with zero attached hydrogens (tertiary/aromatic N) is 4. The Kier molecular flexibility index (Phi) is 4.90. The second-order valence-corrected chi connectivity index (χ2v) is 8.10. The van der Waals surface area contributed by atoms with Crippen LogP contribution in [0.15, 0.2) is 57.0 Å². The highest BCUT2D eigenvalue weighted by molar-refractivity contribution is 7.90. The third-order valence-electron chi connectivity index (χ3n) is 4.30. The molecule has 0 fully saturated rings. The number of para-hydroxylation sites is 1. The molecule has 2 aromatic carbocycles. The molecule has 0 aliphatic rings. The molecule has 9 nitrogen and oxygen atoms in total. The first-order valence-electron chi connectivity index (χ1n) is 8.38. The molecule has 28 heavy (non-hydrogen) atoms. The summed E-state index contributed by atoms with van der Waals surface area (Å²) in [5.74, 6) is -0.204. The Morgan fingerprint density at radius 2 is 1.86 bits per heavy atom. The van der Waals surface area contributed by atoms with E-state index in [0.717, 1.165) is 6.07 Å². The molecular weight excluding hydrogens is 384 g/mol. The number of hydrogen-bond donors (Lipinski definition) is 1. The SMILES string of the molecule is Cc1ccc(S(=O)(=O)N=Nc2c(O)n(C(C)C)c3ccccc23)cc1[N+](=O)[O-]. The Hall–Kier alpha value is -3.27. The highest BCUT2D eigenvalue weighted by Crippen LogP contribution is 2.41. The zero-order valence-corrected chi connectivity index (χ0v) is 16.2. The number of nitro benzene ring substituents is 1. The second kappa shape index (κ2) is 7.04. The summed E-state index contributed by atoms with van der Waals surface area (Å²) in [5.41, 5.74) is 0.718. The van der Waals surface area contributed by atoms with Crippen LogP contribution in [0.2, 0.25) is 0 Å². The number of rotatable bonds is 5. The number of aryl methyl sites for hydroxylation is 1. The van der Waals surface area contributed by atoms with Crippen LogP contribution in [0.1, 0.15) is 25.5 Å². The third-order valence-corrected chi connectivity index (χ3v) is 5.44. The molecule has 0 radical (unpaired) electrons. The van der Waals surface area contributed by atoms with Crippen LogP contribution in [-0.2, 0) is 10.0 Å². The standard InChI is InChI=1S/C18H18N4O5S/c1-11(2)21-15-7-5-4-6-14(15)17(18(21)23)19-20-28(26,27)13-9-8-12(3)16(10-13)22(24)25/h4-11,23H,1-3H3. The highest BCUT2D eigenvalue weighted by atomic mass is 32.2. The van der Waals surface area contributed by atoms with Crippen molar-refractivity contribution in [1.82, 2.24) is 4.57 Å². The van der Waals surface area contributed by atoms with Crippen molar-refractivity contribution < 1.29 is 18.4 Å². The van der Waals surface area contributed by atoms with Gasteiger partial charge in [-0.2, -0.15) is 8.42 Å². The van der Waals surface area contributed by atoms with Crippen molar-refractivity contribution in [3.05, 3.63) is 58.1 Å². The van der Waals surface area contributed by atoms with E-state index in [9.17, 15) is 23.6 Å². The number of hydrogen-bond acceptors (Lipinski definition) is 6. The molecule has 1 N–H and O–H groups in total. The summed E-state index contributed by atoms with van der Waals surface area (Å²) in [6, 6.07) is 10.4. The predicted octanol–water partition coefficient (Wildman–Crippen LogP) is 4.62. The quantitative estimate of drug-likeness (QED) is 0.378. The third kappa shape index (κ3) is 3.33. The van der Waals surface area contributed by atoms with Crippen LogP contribution < -0.4 is 0 Å². The van der Waals surface area contributed by atoms with E-state index < -0.39 is 14.9 Å². The van der Waals surface area contributed by atoms with Crippen LogP contribution >= 0.6 is 0 Å². The van der Waals surface area contributed by atoms with Crippen molar-refractivity contribution in [1.29, 1.82) is 0 Å². The molecule has 0 spiro atoms. The van der Waals surface area contributed by atoms with E-state index in [4.69, 9.17) is 0 Å². The van der Waals surface area contributed by atoms with Crippen molar-refractivity contribution >= 4 is 32.3 Å². The van der Waals surface area contributed by atoms with E-state index in [1.807, 2.05) is 13.8 Å². The first-order chi connectivity index (χ1) is 13.1. The van der Waals surface area contributed by atoms with Crippen LogP contribution in [0.5, 0.6) is 5.88 Å². The van der Waals surface area contributed by atoms with Crippen molar-refractivity contribution in [2.24, 2.45) is 9.63 Å². The molecule has 0 saturated heterocycles. The molecule has 146 valence electrons. The average molecular weight is 402 g/mol. The molecule has 1 heterocycles. The monoisotopic (exact) mass is 402 g/mol. The van der Waals surface area contributed by atoms with Gasteiger partial charge in [-0.3, -0.25) is 10.1 Å². The largest absolute Gasteiger partial charge is 0.493 e. The number of benzene rings is 2.